The van der Waals surface area contributed by atoms with E-state index < -0.39 is 0 Å². The van der Waals surface area contributed by atoms with E-state index >= 15 is 0 Å². The zero-order chi connectivity index (χ0) is 12.7. The summed E-state index contributed by atoms with van der Waals surface area (Å²) in [6.07, 6.45) is 3.45. The van der Waals surface area contributed by atoms with E-state index in [1.807, 2.05) is 6.07 Å². The number of nitrogens with one attached hydrogen (secondary N) is 2. The van der Waals surface area contributed by atoms with E-state index in [0.717, 1.165) is 22.1 Å². The molecule has 0 saturated carbocycles. The lowest BCUT2D eigenvalue weighted by Gasteiger charge is -2.04. The molecule has 0 amide bonds. The minimum atomic E-state index is -0.0155. The zero-order valence-electron chi connectivity index (χ0n) is 9.91. The molecule has 1 aromatic carbocycles. The Balaban J connectivity index is 2.66. The molecule has 0 saturated heterocycles. The van der Waals surface area contributed by atoms with Gasteiger partial charge in [-0.1, -0.05) is 12.6 Å². The number of pyridine rings is 1. The minimum absolute atomic E-state index is 0.0155. The maximum atomic E-state index is 12.0. The quantitative estimate of drug-likeness (QED) is 0.723. The van der Waals surface area contributed by atoms with Crippen molar-refractivity contribution in [2.45, 2.75) is 0 Å². The molecule has 0 bridgehead atoms. The number of aromatic nitrogens is 2. The highest BCUT2D eigenvalue weighted by molar-refractivity contribution is 6.11. The standard InChI is InChI=1S/C14H12N2O2/c1-3-8-14-13(11(18-2)7-15-8)12-9(16-14)5-4-6-10(12)17/h3-7,15-16H,1H2,2H3. The van der Waals surface area contributed by atoms with Crippen molar-refractivity contribution in [2.75, 3.05) is 7.11 Å². The Morgan fingerprint density at radius 1 is 1.33 bits per heavy atom. The lowest BCUT2D eigenvalue weighted by atomic mass is 10.1. The molecular formula is C14H12N2O2. The molecule has 0 aliphatic heterocycles. The maximum Gasteiger partial charge on any atom is 0.188 e. The van der Waals surface area contributed by atoms with Crippen LogP contribution in [0.1, 0.15) is 5.69 Å². The molecule has 0 aliphatic rings. The van der Waals surface area contributed by atoms with Gasteiger partial charge in [-0.05, 0) is 18.2 Å². The van der Waals surface area contributed by atoms with Crippen LogP contribution in [0.5, 0.6) is 5.75 Å². The van der Waals surface area contributed by atoms with Gasteiger partial charge in [0.25, 0.3) is 0 Å². The molecule has 0 radical (unpaired) electrons. The Kier molecular flexibility index (Phi) is 2.23. The van der Waals surface area contributed by atoms with E-state index in [0.29, 0.717) is 11.1 Å². The Bertz CT molecular complexity index is 812. The van der Waals surface area contributed by atoms with Crippen molar-refractivity contribution in [1.82, 2.24) is 9.97 Å². The van der Waals surface area contributed by atoms with Crippen LogP contribution in [0, 0.1) is 0 Å². The number of H-pyrrole nitrogens is 2. The molecule has 3 rings (SSSR count). The summed E-state index contributed by atoms with van der Waals surface area (Å²) in [5.41, 5.74) is 2.46. The predicted molar refractivity (Wildman–Crippen MR) is 73.1 cm³/mol. The second kappa shape index (κ2) is 3.77. The molecule has 0 aliphatic carbocycles. The van der Waals surface area contributed by atoms with Crippen LogP contribution in [0.3, 0.4) is 0 Å². The lowest BCUT2D eigenvalue weighted by Crippen LogP contribution is -1.97. The number of hydrogen-bond acceptors (Lipinski definition) is 2. The summed E-state index contributed by atoms with van der Waals surface area (Å²) in [6.45, 7) is 3.76. The van der Waals surface area contributed by atoms with Crippen LogP contribution in [-0.2, 0) is 0 Å². The molecule has 2 heterocycles. The molecule has 0 spiro atoms. The minimum Gasteiger partial charge on any atom is -0.494 e. The number of methoxy groups -OCH3 is 1. The van der Waals surface area contributed by atoms with Crippen molar-refractivity contribution in [1.29, 1.82) is 0 Å². The van der Waals surface area contributed by atoms with Crippen molar-refractivity contribution in [3.8, 4) is 5.75 Å². The number of fused-ring (bicyclic) bond motifs is 3. The maximum absolute atomic E-state index is 12.0. The molecule has 2 N–H and O–H groups in total. The molecule has 0 fully saturated rings. The van der Waals surface area contributed by atoms with Gasteiger partial charge >= 0.3 is 0 Å². The van der Waals surface area contributed by atoms with Gasteiger partial charge < -0.3 is 14.7 Å². The summed E-state index contributed by atoms with van der Waals surface area (Å²) in [6, 6.07) is 5.17. The highest BCUT2D eigenvalue weighted by atomic mass is 16.5. The summed E-state index contributed by atoms with van der Waals surface area (Å²) < 4.78 is 5.32. The van der Waals surface area contributed by atoms with Gasteiger partial charge in [0.2, 0.25) is 0 Å². The largest absolute Gasteiger partial charge is 0.494 e. The first kappa shape index (κ1) is 10.7. The number of benzene rings is 1. The fourth-order valence-corrected chi connectivity index (χ4v) is 2.27. The van der Waals surface area contributed by atoms with Gasteiger partial charge in [-0.3, -0.25) is 4.79 Å². The second-order valence-corrected chi connectivity index (χ2v) is 4.03. The zero-order valence-corrected chi connectivity index (χ0v) is 9.91. The van der Waals surface area contributed by atoms with Crippen LogP contribution in [0.4, 0.5) is 0 Å². The van der Waals surface area contributed by atoms with E-state index in [1.165, 1.54) is 0 Å². The Labute approximate surface area is 103 Å². The van der Waals surface area contributed by atoms with E-state index in [2.05, 4.69) is 16.5 Å². The lowest BCUT2D eigenvalue weighted by molar-refractivity contribution is 0.418. The fourth-order valence-electron chi connectivity index (χ4n) is 2.27. The monoisotopic (exact) mass is 240 g/mol. The third-order valence-electron chi connectivity index (χ3n) is 3.08. The molecule has 4 heteroatoms. The van der Waals surface area contributed by atoms with Gasteiger partial charge in [0.1, 0.15) is 5.75 Å². The molecule has 0 unspecified atom stereocenters. The van der Waals surface area contributed by atoms with Crippen LogP contribution in [0.15, 0.2) is 35.8 Å². The van der Waals surface area contributed by atoms with Crippen molar-refractivity contribution in [3.05, 3.63) is 46.9 Å². The van der Waals surface area contributed by atoms with Crippen molar-refractivity contribution in [2.24, 2.45) is 0 Å². The van der Waals surface area contributed by atoms with Crippen LogP contribution >= 0.6 is 0 Å². The predicted octanol–water partition coefficient (Wildman–Crippen LogP) is 2.66. The average Bonchev–Trinajstić information content (AvgIpc) is 2.78. The number of hydrogen-bond donors (Lipinski definition) is 2. The highest BCUT2D eigenvalue weighted by Gasteiger charge is 2.14. The Morgan fingerprint density at radius 3 is 2.89 bits per heavy atom. The molecule has 2 aromatic heterocycles. The third-order valence-corrected chi connectivity index (χ3v) is 3.08. The van der Waals surface area contributed by atoms with Crippen LogP contribution < -0.4 is 10.2 Å². The summed E-state index contributed by atoms with van der Waals surface area (Å²) >= 11 is 0. The fraction of sp³-hybridized carbons (Fsp3) is 0.0714. The van der Waals surface area contributed by atoms with Gasteiger partial charge in [-0.25, -0.2) is 0 Å². The first-order chi connectivity index (χ1) is 8.76. The van der Waals surface area contributed by atoms with Gasteiger partial charge in [0.05, 0.1) is 34.6 Å². The van der Waals surface area contributed by atoms with Crippen molar-refractivity contribution < 1.29 is 4.74 Å². The first-order valence-corrected chi connectivity index (χ1v) is 5.58. The van der Waals surface area contributed by atoms with E-state index in [1.54, 1.807) is 31.5 Å². The van der Waals surface area contributed by atoms with Gasteiger partial charge in [-0.15, -0.1) is 0 Å². The summed E-state index contributed by atoms with van der Waals surface area (Å²) in [4.78, 5) is 18.3. The van der Waals surface area contributed by atoms with Crippen molar-refractivity contribution >= 4 is 27.9 Å². The van der Waals surface area contributed by atoms with Crippen LogP contribution in [0.2, 0.25) is 0 Å². The Hall–Kier alpha value is -2.49. The topological polar surface area (TPSA) is 57.9 Å². The number of ether oxygens (including phenoxy) is 1. The first-order valence-electron chi connectivity index (χ1n) is 5.58. The molecule has 18 heavy (non-hydrogen) atoms. The number of aromatic amines is 2. The summed E-state index contributed by atoms with van der Waals surface area (Å²) in [5, 5.41) is 1.45. The molecular weight excluding hydrogens is 228 g/mol. The molecule has 90 valence electrons. The number of rotatable bonds is 2. The van der Waals surface area contributed by atoms with E-state index in [-0.39, 0.29) is 5.43 Å². The van der Waals surface area contributed by atoms with Gasteiger partial charge in [-0.2, -0.15) is 0 Å². The Morgan fingerprint density at radius 2 is 2.17 bits per heavy atom. The van der Waals surface area contributed by atoms with Crippen molar-refractivity contribution in [3.63, 3.8) is 0 Å². The highest BCUT2D eigenvalue weighted by Crippen LogP contribution is 2.32. The molecule has 3 aromatic rings. The third kappa shape index (κ3) is 1.29. The normalized spacial score (nSPS) is 10.9. The summed E-state index contributed by atoms with van der Waals surface area (Å²) in [7, 11) is 1.59. The SMILES string of the molecule is C=Cc1[nH]cc(OC)c2c1[nH]c1cccc(=O)c12. The second-order valence-electron chi connectivity index (χ2n) is 4.03. The van der Waals surface area contributed by atoms with E-state index in [4.69, 9.17) is 4.74 Å². The molecule has 0 atom stereocenters. The average molecular weight is 240 g/mol. The van der Waals surface area contributed by atoms with Crippen LogP contribution in [-0.4, -0.2) is 17.1 Å². The van der Waals surface area contributed by atoms with Gasteiger partial charge in [0, 0.05) is 6.20 Å². The summed E-state index contributed by atoms with van der Waals surface area (Å²) in [5.74, 6) is 0.644. The van der Waals surface area contributed by atoms with E-state index in [9.17, 15) is 4.79 Å². The van der Waals surface area contributed by atoms with Gasteiger partial charge in [0.15, 0.2) is 5.43 Å². The van der Waals surface area contributed by atoms with Crippen LogP contribution in [0.25, 0.3) is 27.9 Å². The smallest absolute Gasteiger partial charge is 0.188 e. The molecule has 4 nitrogen and oxygen atoms in total.